The molecule has 1 aliphatic heterocycles. The molecule has 0 atom stereocenters. The largest absolute Gasteiger partial charge is 0.462 e. The van der Waals surface area contributed by atoms with E-state index in [1.54, 1.807) is 24.3 Å². The zero-order valence-electron chi connectivity index (χ0n) is 15.5. The highest BCUT2D eigenvalue weighted by atomic mass is 35.5. The molecule has 0 spiro atoms. The van der Waals surface area contributed by atoms with Crippen LogP contribution in [0.3, 0.4) is 0 Å². The first-order valence-electron chi connectivity index (χ1n) is 9.03. The lowest BCUT2D eigenvalue weighted by Gasteiger charge is -2.13. The summed E-state index contributed by atoms with van der Waals surface area (Å²) < 4.78 is 5.92. The molecular weight excluding hydrogens is 428 g/mol. The molecule has 0 fully saturated rings. The maximum absolute atomic E-state index is 12.3. The number of carbonyl (C=O) groups excluding carboxylic acids is 4. The van der Waals surface area contributed by atoms with E-state index in [4.69, 9.17) is 16.3 Å². The van der Waals surface area contributed by atoms with E-state index in [1.807, 2.05) is 24.3 Å². The normalized spacial score (nSPS) is 12.9. The number of carbonyl (C=O) groups is 4. The molecule has 1 aromatic heterocycles. The molecule has 9 heteroatoms. The molecule has 2 heterocycles. The average Bonchev–Trinajstić information content (AvgIpc) is 3.22. The van der Waals surface area contributed by atoms with Gasteiger partial charge in [-0.25, -0.2) is 0 Å². The molecule has 3 amide bonds. The van der Waals surface area contributed by atoms with Gasteiger partial charge in [0.1, 0.15) is 18.0 Å². The fourth-order valence-electron chi connectivity index (χ4n) is 3.14. The second-order valence-corrected chi connectivity index (χ2v) is 7.88. The smallest absolute Gasteiger partial charge is 0.325 e. The van der Waals surface area contributed by atoms with Crippen LogP contribution < -0.4 is 5.32 Å². The lowest BCUT2D eigenvalue weighted by Crippen LogP contribution is -2.35. The minimum atomic E-state index is -0.683. The van der Waals surface area contributed by atoms with Crippen LogP contribution in [-0.2, 0) is 9.53 Å². The number of nitrogens with zero attached hydrogens (tertiary/aromatic N) is 1. The van der Waals surface area contributed by atoms with Crippen molar-refractivity contribution in [1.82, 2.24) is 10.2 Å². The molecule has 0 unspecified atom stereocenters. The number of benzene rings is 2. The molecule has 0 bridgehead atoms. The first kappa shape index (κ1) is 20.1. The van der Waals surface area contributed by atoms with Crippen LogP contribution in [0.4, 0.5) is 0 Å². The second-order valence-electron chi connectivity index (χ2n) is 6.45. The average molecular weight is 443 g/mol. The van der Waals surface area contributed by atoms with Crippen molar-refractivity contribution in [2.75, 3.05) is 19.7 Å². The van der Waals surface area contributed by atoms with Crippen molar-refractivity contribution in [1.29, 1.82) is 0 Å². The number of ether oxygens (including phenoxy) is 1. The zero-order valence-corrected chi connectivity index (χ0v) is 17.1. The maximum Gasteiger partial charge on any atom is 0.325 e. The first-order chi connectivity index (χ1) is 14.5. The van der Waals surface area contributed by atoms with Gasteiger partial charge in [0, 0.05) is 10.1 Å². The van der Waals surface area contributed by atoms with Crippen LogP contribution in [0.25, 0.3) is 10.1 Å². The summed E-state index contributed by atoms with van der Waals surface area (Å²) in [6, 6.07) is 13.9. The molecule has 7 nitrogen and oxygen atoms in total. The van der Waals surface area contributed by atoms with Crippen molar-refractivity contribution >= 4 is 56.7 Å². The summed E-state index contributed by atoms with van der Waals surface area (Å²) in [4.78, 5) is 50.1. The van der Waals surface area contributed by atoms with Gasteiger partial charge in [0.15, 0.2) is 0 Å². The van der Waals surface area contributed by atoms with Gasteiger partial charge in [-0.05, 0) is 18.2 Å². The molecule has 0 radical (unpaired) electrons. The molecule has 30 heavy (non-hydrogen) atoms. The number of hydrogen-bond acceptors (Lipinski definition) is 6. The van der Waals surface area contributed by atoms with Crippen LogP contribution in [0.15, 0.2) is 48.5 Å². The molecule has 152 valence electrons. The Bertz CT molecular complexity index is 1150. The molecular formula is C21H15ClN2O5S. The molecule has 3 aromatic rings. The molecule has 2 aromatic carbocycles. The van der Waals surface area contributed by atoms with Crippen LogP contribution >= 0.6 is 22.9 Å². The summed E-state index contributed by atoms with van der Waals surface area (Å²) in [6.07, 6.45) is 0. The summed E-state index contributed by atoms with van der Waals surface area (Å²) in [7, 11) is 0. The van der Waals surface area contributed by atoms with Gasteiger partial charge in [-0.1, -0.05) is 41.9 Å². The van der Waals surface area contributed by atoms with Crippen LogP contribution in [-0.4, -0.2) is 48.3 Å². The lowest BCUT2D eigenvalue weighted by molar-refractivity contribution is -0.142. The van der Waals surface area contributed by atoms with Gasteiger partial charge in [0.25, 0.3) is 17.7 Å². The van der Waals surface area contributed by atoms with Gasteiger partial charge in [-0.15, -0.1) is 11.3 Å². The predicted molar refractivity (Wildman–Crippen MR) is 112 cm³/mol. The fraction of sp³-hybridized carbons (Fsp3) is 0.143. The minimum Gasteiger partial charge on any atom is -0.462 e. The highest BCUT2D eigenvalue weighted by Crippen LogP contribution is 2.34. The van der Waals surface area contributed by atoms with Gasteiger partial charge in [0.05, 0.1) is 22.7 Å². The van der Waals surface area contributed by atoms with E-state index in [1.165, 1.54) is 11.3 Å². The zero-order chi connectivity index (χ0) is 21.3. The Morgan fingerprint density at radius 3 is 2.30 bits per heavy atom. The number of esters is 1. The minimum absolute atomic E-state index is 0.0613. The van der Waals surface area contributed by atoms with Crippen molar-refractivity contribution in [2.24, 2.45) is 0 Å². The Hall–Kier alpha value is -3.23. The maximum atomic E-state index is 12.3. The molecule has 0 aliphatic carbocycles. The van der Waals surface area contributed by atoms with Crippen LogP contribution in [0.5, 0.6) is 0 Å². The van der Waals surface area contributed by atoms with Crippen molar-refractivity contribution in [3.8, 4) is 0 Å². The quantitative estimate of drug-likeness (QED) is 0.467. The van der Waals surface area contributed by atoms with Gasteiger partial charge >= 0.3 is 5.97 Å². The van der Waals surface area contributed by atoms with Gasteiger partial charge in [-0.3, -0.25) is 24.1 Å². The van der Waals surface area contributed by atoms with E-state index in [0.717, 1.165) is 15.0 Å². The van der Waals surface area contributed by atoms with E-state index in [2.05, 4.69) is 5.32 Å². The van der Waals surface area contributed by atoms with Crippen molar-refractivity contribution in [3.63, 3.8) is 0 Å². The second kappa shape index (κ2) is 8.25. The Morgan fingerprint density at radius 2 is 1.63 bits per heavy atom. The SMILES string of the molecule is O=C(CNC(=O)c1sc2ccccc2c1Cl)OCCN1C(=O)c2ccccc2C1=O. The number of hydrogen-bond donors (Lipinski definition) is 1. The molecule has 0 saturated carbocycles. The predicted octanol–water partition coefficient (Wildman–Crippen LogP) is 3.12. The number of amides is 3. The van der Waals surface area contributed by atoms with Crippen LogP contribution in [0, 0.1) is 0 Å². The Balaban J connectivity index is 1.27. The van der Waals surface area contributed by atoms with E-state index in [0.29, 0.717) is 21.0 Å². The summed E-state index contributed by atoms with van der Waals surface area (Å²) in [5.41, 5.74) is 0.669. The number of rotatable bonds is 6. The van der Waals surface area contributed by atoms with Crippen LogP contribution in [0.1, 0.15) is 30.4 Å². The molecule has 1 N–H and O–H groups in total. The number of halogens is 1. The van der Waals surface area contributed by atoms with Gasteiger partial charge < -0.3 is 10.1 Å². The number of imide groups is 1. The standard InChI is InChI=1S/C21H15ClN2O5S/c22-17-14-7-3-4-8-15(14)30-18(17)19(26)23-11-16(25)29-10-9-24-20(27)12-5-1-2-6-13(12)21(24)28/h1-8H,9-11H2,(H,23,26). The number of fused-ring (bicyclic) bond motifs is 2. The molecule has 4 rings (SSSR count). The van der Waals surface area contributed by atoms with E-state index < -0.39 is 23.7 Å². The third kappa shape index (κ3) is 3.67. The van der Waals surface area contributed by atoms with Crippen molar-refractivity contribution < 1.29 is 23.9 Å². The summed E-state index contributed by atoms with van der Waals surface area (Å²) in [5.74, 6) is -1.99. The fourth-order valence-corrected chi connectivity index (χ4v) is 4.57. The van der Waals surface area contributed by atoms with E-state index >= 15 is 0 Å². The lowest BCUT2D eigenvalue weighted by atomic mass is 10.1. The van der Waals surface area contributed by atoms with Gasteiger partial charge in [-0.2, -0.15) is 0 Å². The van der Waals surface area contributed by atoms with Crippen molar-refractivity contribution in [3.05, 3.63) is 69.6 Å². The third-order valence-corrected chi connectivity index (χ3v) is 6.26. The Kier molecular flexibility index (Phi) is 5.52. The molecule has 0 saturated heterocycles. The Labute approximate surface area is 180 Å². The van der Waals surface area contributed by atoms with Crippen LogP contribution in [0.2, 0.25) is 5.02 Å². The summed E-state index contributed by atoms with van der Waals surface area (Å²) in [6.45, 7) is -0.580. The first-order valence-corrected chi connectivity index (χ1v) is 10.2. The van der Waals surface area contributed by atoms with E-state index in [-0.39, 0.29) is 19.7 Å². The number of thiophene rings is 1. The third-order valence-electron chi connectivity index (χ3n) is 4.59. The Morgan fingerprint density at radius 1 is 1.00 bits per heavy atom. The summed E-state index contributed by atoms with van der Waals surface area (Å²) in [5, 5.41) is 3.59. The topological polar surface area (TPSA) is 92.8 Å². The number of nitrogens with one attached hydrogen (secondary N) is 1. The highest BCUT2D eigenvalue weighted by Gasteiger charge is 2.34. The summed E-state index contributed by atoms with van der Waals surface area (Å²) >= 11 is 7.49. The van der Waals surface area contributed by atoms with E-state index in [9.17, 15) is 19.2 Å². The van der Waals surface area contributed by atoms with Crippen molar-refractivity contribution in [2.45, 2.75) is 0 Å². The molecule has 1 aliphatic rings. The van der Waals surface area contributed by atoms with Gasteiger partial charge in [0.2, 0.25) is 0 Å². The monoisotopic (exact) mass is 442 g/mol. The highest BCUT2D eigenvalue weighted by molar-refractivity contribution is 7.21.